The summed E-state index contributed by atoms with van der Waals surface area (Å²) in [7, 11) is 0. The maximum absolute atomic E-state index is 12.2. The van der Waals surface area contributed by atoms with E-state index >= 15 is 0 Å². The Balaban J connectivity index is 1.53. The molecule has 27 heavy (non-hydrogen) atoms. The van der Waals surface area contributed by atoms with Gasteiger partial charge in [-0.25, -0.2) is 9.78 Å². The second-order valence-electron chi connectivity index (χ2n) is 5.39. The topological polar surface area (TPSA) is 57.7 Å². The van der Waals surface area contributed by atoms with Gasteiger partial charge in [-0.05, 0) is 35.9 Å². The van der Waals surface area contributed by atoms with Crippen molar-refractivity contribution in [3.8, 4) is 11.5 Å². The molecule has 0 unspecified atom stereocenters. The van der Waals surface area contributed by atoms with Gasteiger partial charge in [-0.2, -0.15) is 8.78 Å². The van der Waals surface area contributed by atoms with Crippen molar-refractivity contribution in [3.05, 3.63) is 76.2 Å². The van der Waals surface area contributed by atoms with Crippen LogP contribution in [0.1, 0.15) is 21.6 Å². The number of benzene rings is 2. The Kier molecular flexibility index (Phi) is 6.32. The van der Waals surface area contributed by atoms with E-state index in [2.05, 4.69) is 9.72 Å². The molecule has 1 aromatic heterocycles. The molecule has 0 N–H and O–H groups in total. The fourth-order valence-electron chi connectivity index (χ4n) is 2.18. The summed E-state index contributed by atoms with van der Waals surface area (Å²) in [6.45, 7) is -2.55. The molecule has 0 amide bonds. The van der Waals surface area contributed by atoms with Gasteiger partial charge in [0.05, 0.1) is 16.8 Å². The minimum absolute atomic E-state index is 0.0116. The summed E-state index contributed by atoms with van der Waals surface area (Å²) < 4.78 is 39.4. The Bertz CT molecular complexity index is 870. The number of esters is 1. The van der Waals surface area contributed by atoms with E-state index in [1.165, 1.54) is 23.5 Å². The van der Waals surface area contributed by atoms with Crippen LogP contribution < -0.4 is 9.47 Å². The first-order chi connectivity index (χ1) is 13.1. The minimum Gasteiger partial charge on any atom is -0.487 e. The fourth-order valence-corrected chi connectivity index (χ4v) is 2.72. The number of alkyl halides is 2. The number of hydrogen-bond donors (Lipinski definition) is 0. The van der Waals surface area contributed by atoms with E-state index in [0.29, 0.717) is 23.5 Å². The van der Waals surface area contributed by atoms with Crippen LogP contribution in [0.2, 0.25) is 0 Å². The standard InChI is InChI=1S/C19H15F2NO4S/c20-19(21)26-16-6-4-13(5-7-16)9-25-18(23)14-2-1-3-17(8-14)24-10-15-11-27-12-22-15/h1-8,11-12,19H,9-10H2. The summed E-state index contributed by atoms with van der Waals surface area (Å²) in [4.78, 5) is 16.3. The Morgan fingerprint density at radius 3 is 2.59 bits per heavy atom. The highest BCUT2D eigenvalue weighted by atomic mass is 32.1. The molecule has 0 aliphatic rings. The molecule has 0 atom stereocenters. The van der Waals surface area contributed by atoms with Crippen LogP contribution in [0.4, 0.5) is 8.78 Å². The van der Waals surface area contributed by atoms with Gasteiger partial charge in [0, 0.05) is 5.38 Å². The van der Waals surface area contributed by atoms with Gasteiger partial charge in [0.15, 0.2) is 0 Å². The number of carbonyl (C=O) groups excluding carboxylic acids is 1. The highest BCUT2D eigenvalue weighted by Crippen LogP contribution is 2.18. The van der Waals surface area contributed by atoms with Crippen molar-refractivity contribution >= 4 is 17.3 Å². The Hall–Kier alpha value is -3.00. The number of aromatic nitrogens is 1. The minimum atomic E-state index is -2.88. The van der Waals surface area contributed by atoms with Crippen molar-refractivity contribution in [3.63, 3.8) is 0 Å². The lowest BCUT2D eigenvalue weighted by Crippen LogP contribution is -2.06. The summed E-state index contributed by atoms with van der Waals surface area (Å²) >= 11 is 1.48. The van der Waals surface area contributed by atoms with E-state index in [-0.39, 0.29) is 12.4 Å². The average Bonchev–Trinajstić information content (AvgIpc) is 3.19. The van der Waals surface area contributed by atoms with Crippen LogP contribution in [-0.2, 0) is 18.0 Å². The molecule has 0 radical (unpaired) electrons. The van der Waals surface area contributed by atoms with Gasteiger partial charge in [0.1, 0.15) is 24.7 Å². The highest BCUT2D eigenvalue weighted by molar-refractivity contribution is 7.07. The molecule has 0 fully saturated rings. The summed E-state index contributed by atoms with van der Waals surface area (Å²) in [5, 5.41) is 1.88. The molecular formula is C19H15F2NO4S. The molecule has 2 aromatic carbocycles. The van der Waals surface area contributed by atoms with Gasteiger partial charge in [-0.3, -0.25) is 0 Å². The van der Waals surface area contributed by atoms with Crippen molar-refractivity contribution < 1.29 is 27.8 Å². The Morgan fingerprint density at radius 2 is 1.89 bits per heavy atom. The van der Waals surface area contributed by atoms with Gasteiger partial charge in [0.25, 0.3) is 0 Å². The lowest BCUT2D eigenvalue weighted by Gasteiger charge is -2.09. The van der Waals surface area contributed by atoms with Crippen molar-refractivity contribution in [1.82, 2.24) is 4.98 Å². The third kappa shape index (κ3) is 5.75. The third-order valence-electron chi connectivity index (χ3n) is 3.46. The lowest BCUT2D eigenvalue weighted by atomic mass is 10.2. The van der Waals surface area contributed by atoms with Gasteiger partial charge in [0.2, 0.25) is 0 Å². The first-order valence-corrected chi connectivity index (χ1v) is 8.85. The number of ether oxygens (including phenoxy) is 3. The van der Waals surface area contributed by atoms with Crippen LogP contribution >= 0.6 is 11.3 Å². The number of nitrogens with zero attached hydrogens (tertiary/aromatic N) is 1. The molecule has 0 bridgehead atoms. The maximum Gasteiger partial charge on any atom is 0.387 e. The second-order valence-corrected chi connectivity index (χ2v) is 6.11. The van der Waals surface area contributed by atoms with Crippen LogP contribution in [0.15, 0.2) is 59.4 Å². The predicted octanol–water partition coefficient (Wildman–Crippen LogP) is 4.68. The molecule has 3 rings (SSSR count). The number of carbonyl (C=O) groups is 1. The Labute approximate surface area is 158 Å². The molecule has 5 nitrogen and oxygen atoms in total. The molecular weight excluding hydrogens is 376 g/mol. The van der Waals surface area contributed by atoms with Crippen molar-refractivity contribution in [2.24, 2.45) is 0 Å². The quantitative estimate of drug-likeness (QED) is 0.522. The van der Waals surface area contributed by atoms with Gasteiger partial charge >= 0.3 is 12.6 Å². The maximum atomic E-state index is 12.2. The predicted molar refractivity (Wildman–Crippen MR) is 95.1 cm³/mol. The summed E-state index contributed by atoms with van der Waals surface area (Å²) in [5.41, 5.74) is 3.54. The summed E-state index contributed by atoms with van der Waals surface area (Å²) in [6, 6.07) is 12.5. The third-order valence-corrected chi connectivity index (χ3v) is 4.09. The molecule has 0 aliphatic carbocycles. The normalized spacial score (nSPS) is 10.6. The zero-order valence-electron chi connectivity index (χ0n) is 14.0. The van der Waals surface area contributed by atoms with Gasteiger partial charge in [-0.15, -0.1) is 11.3 Å². The highest BCUT2D eigenvalue weighted by Gasteiger charge is 2.10. The number of thiazole rings is 1. The van der Waals surface area contributed by atoms with Crippen molar-refractivity contribution in [2.75, 3.05) is 0 Å². The molecule has 0 saturated carbocycles. The average molecular weight is 391 g/mol. The second kappa shape index (κ2) is 9.09. The summed E-state index contributed by atoms with van der Waals surface area (Å²) in [5.74, 6) is 0.0676. The van der Waals surface area contributed by atoms with E-state index < -0.39 is 12.6 Å². The number of hydrogen-bond acceptors (Lipinski definition) is 6. The largest absolute Gasteiger partial charge is 0.487 e. The number of halogens is 2. The van der Waals surface area contributed by atoms with E-state index in [9.17, 15) is 13.6 Å². The monoisotopic (exact) mass is 391 g/mol. The SMILES string of the molecule is O=C(OCc1ccc(OC(F)F)cc1)c1cccc(OCc2cscn2)c1. The molecule has 140 valence electrons. The van der Waals surface area contributed by atoms with E-state index in [0.717, 1.165) is 5.69 Å². The van der Waals surface area contributed by atoms with Gasteiger partial charge in [-0.1, -0.05) is 18.2 Å². The first-order valence-electron chi connectivity index (χ1n) is 7.91. The van der Waals surface area contributed by atoms with E-state index in [4.69, 9.17) is 9.47 Å². The Morgan fingerprint density at radius 1 is 1.07 bits per heavy atom. The zero-order valence-corrected chi connectivity index (χ0v) is 14.8. The molecule has 1 heterocycles. The van der Waals surface area contributed by atoms with Crippen LogP contribution in [0.5, 0.6) is 11.5 Å². The molecule has 0 saturated heterocycles. The van der Waals surface area contributed by atoms with Crippen molar-refractivity contribution in [1.29, 1.82) is 0 Å². The van der Waals surface area contributed by atoms with Crippen LogP contribution in [0.25, 0.3) is 0 Å². The molecule has 3 aromatic rings. The van der Waals surface area contributed by atoms with Gasteiger partial charge < -0.3 is 14.2 Å². The smallest absolute Gasteiger partial charge is 0.387 e. The first kappa shape index (κ1) is 18.8. The summed E-state index contributed by atoms with van der Waals surface area (Å²) in [6.07, 6.45) is 0. The van der Waals surface area contributed by atoms with Crippen LogP contribution in [-0.4, -0.2) is 17.6 Å². The molecule has 8 heteroatoms. The van der Waals surface area contributed by atoms with Crippen molar-refractivity contribution in [2.45, 2.75) is 19.8 Å². The van der Waals surface area contributed by atoms with Crippen LogP contribution in [0.3, 0.4) is 0 Å². The van der Waals surface area contributed by atoms with Crippen LogP contribution in [0, 0.1) is 0 Å². The van der Waals surface area contributed by atoms with E-state index in [1.807, 2.05) is 5.38 Å². The molecule has 0 aliphatic heterocycles. The van der Waals surface area contributed by atoms with E-state index in [1.54, 1.807) is 41.9 Å². The molecule has 0 spiro atoms. The fraction of sp³-hybridized carbons (Fsp3) is 0.158. The zero-order chi connectivity index (χ0) is 19.1. The number of rotatable bonds is 8. The lowest BCUT2D eigenvalue weighted by molar-refractivity contribution is -0.0498.